The minimum atomic E-state index is 0. The van der Waals surface area contributed by atoms with Crippen LogP contribution in [0.15, 0.2) is 12.5 Å². The summed E-state index contributed by atoms with van der Waals surface area (Å²) in [5, 5.41) is 8.70. The second-order valence-electron chi connectivity index (χ2n) is 4.30. The van der Waals surface area contributed by atoms with Crippen LogP contribution in [-0.4, -0.2) is 21.7 Å². The fourth-order valence-corrected chi connectivity index (χ4v) is 0.836. The van der Waals surface area contributed by atoms with Gasteiger partial charge in [0.1, 0.15) is 0 Å². The van der Waals surface area contributed by atoms with Crippen LogP contribution in [0.25, 0.3) is 0 Å². The number of nitrogens with one attached hydrogen (secondary N) is 1. The standard InChI is InChI=1S/C7H12N2O.C4H10.CH4/c1-6(4-10)2-7-3-8-5-9-7;1-4(2)3;/h3,5-6,10H,2,4H2,1H3,(H,8,9);4H,1-3H3;1H4. The summed E-state index contributed by atoms with van der Waals surface area (Å²) in [6.45, 7) is 8.74. The van der Waals surface area contributed by atoms with Crippen molar-refractivity contribution < 1.29 is 5.11 Å². The third kappa shape index (κ3) is 11.1. The van der Waals surface area contributed by atoms with Crippen molar-refractivity contribution in [3.05, 3.63) is 18.2 Å². The molecule has 1 unspecified atom stereocenters. The van der Waals surface area contributed by atoms with Crippen LogP contribution in [0.1, 0.15) is 40.8 Å². The topological polar surface area (TPSA) is 48.9 Å². The minimum Gasteiger partial charge on any atom is -0.396 e. The first kappa shape index (κ1) is 16.6. The Morgan fingerprint density at radius 3 is 2.20 bits per heavy atom. The van der Waals surface area contributed by atoms with Gasteiger partial charge in [-0.2, -0.15) is 0 Å². The van der Waals surface area contributed by atoms with Crippen molar-refractivity contribution in [2.24, 2.45) is 11.8 Å². The van der Waals surface area contributed by atoms with Gasteiger partial charge in [0.15, 0.2) is 0 Å². The van der Waals surface area contributed by atoms with Crippen molar-refractivity contribution >= 4 is 0 Å². The van der Waals surface area contributed by atoms with Gasteiger partial charge in [-0.3, -0.25) is 0 Å². The molecule has 90 valence electrons. The molecule has 1 aromatic rings. The number of nitrogens with zero attached hydrogens (tertiary/aromatic N) is 1. The molecule has 3 nitrogen and oxygen atoms in total. The summed E-state index contributed by atoms with van der Waals surface area (Å²) in [5.74, 6) is 1.15. The molecule has 1 aromatic heterocycles. The molecule has 0 amide bonds. The highest BCUT2D eigenvalue weighted by atomic mass is 16.3. The van der Waals surface area contributed by atoms with E-state index >= 15 is 0 Å². The Hall–Kier alpha value is -0.830. The van der Waals surface area contributed by atoms with Crippen LogP contribution >= 0.6 is 0 Å². The maximum atomic E-state index is 8.70. The highest BCUT2D eigenvalue weighted by Crippen LogP contribution is 2.02. The monoisotopic (exact) mass is 214 g/mol. The molecular formula is C12H26N2O. The van der Waals surface area contributed by atoms with Crippen molar-refractivity contribution in [2.45, 2.75) is 41.5 Å². The molecule has 3 heteroatoms. The van der Waals surface area contributed by atoms with Gasteiger partial charge in [0.25, 0.3) is 0 Å². The van der Waals surface area contributed by atoms with E-state index in [9.17, 15) is 0 Å². The fourth-order valence-electron chi connectivity index (χ4n) is 0.836. The maximum Gasteiger partial charge on any atom is 0.0921 e. The molecule has 0 radical (unpaired) electrons. The molecule has 0 bridgehead atoms. The van der Waals surface area contributed by atoms with Crippen molar-refractivity contribution in [3.63, 3.8) is 0 Å². The summed E-state index contributed by atoms with van der Waals surface area (Å²) in [5.41, 5.74) is 1.08. The quantitative estimate of drug-likeness (QED) is 0.813. The van der Waals surface area contributed by atoms with Crippen molar-refractivity contribution in [3.8, 4) is 0 Å². The van der Waals surface area contributed by atoms with E-state index in [1.54, 1.807) is 12.5 Å². The number of aromatic amines is 1. The smallest absolute Gasteiger partial charge is 0.0921 e. The second-order valence-corrected chi connectivity index (χ2v) is 4.30. The van der Waals surface area contributed by atoms with Gasteiger partial charge < -0.3 is 10.1 Å². The van der Waals surface area contributed by atoms with Crippen LogP contribution in [0.2, 0.25) is 0 Å². The van der Waals surface area contributed by atoms with Crippen LogP contribution in [0.3, 0.4) is 0 Å². The summed E-state index contributed by atoms with van der Waals surface area (Å²) in [7, 11) is 0. The number of aliphatic hydroxyl groups excluding tert-OH is 1. The number of hydrogen-bond donors (Lipinski definition) is 2. The van der Waals surface area contributed by atoms with Crippen molar-refractivity contribution in [1.29, 1.82) is 0 Å². The van der Waals surface area contributed by atoms with E-state index in [4.69, 9.17) is 5.11 Å². The molecule has 0 aliphatic rings. The highest BCUT2D eigenvalue weighted by Gasteiger charge is 2.01. The summed E-state index contributed by atoms with van der Waals surface area (Å²) in [4.78, 5) is 6.85. The highest BCUT2D eigenvalue weighted by molar-refractivity contribution is 4.94. The molecular weight excluding hydrogens is 188 g/mol. The molecule has 0 aliphatic carbocycles. The maximum absolute atomic E-state index is 8.70. The first-order chi connectivity index (χ1) is 6.56. The Kier molecular flexibility index (Phi) is 10.7. The van der Waals surface area contributed by atoms with E-state index in [2.05, 4.69) is 30.7 Å². The Balaban J connectivity index is 0. The average Bonchev–Trinajstić information content (AvgIpc) is 2.55. The lowest BCUT2D eigenvalue weighted by molar-refractivity contribution is 0.236. The van der Waals surface area contributed by atoms with Crippen LogP contribution in [0, 0.1) is 11.8 Å². The number of aromatic nitrogens is 2. The number of imidazole rings is 1. The van der Waals surface area contributed by atoms with Gasteiger partial charge >= 0.3 is 0 Å². The molecule has 0 aromatic carbocycles. The Bertz CT molecular complexity index is 205. The zero-order chi connectivity index (χ0) is 11.0. The summed E-state index contributed by atoms with van der Waals surface area (Å²) in [6, 6.07) is 0. The van der Waals surface area contributed by atoms with Crippen molar-refractivity contribution in [1.82, 2.24) is 9.97 Å². The fraction of sp³-hybridized carbons (Fsp3) is 0.750. The first-order valence-electron chi connectivity index (χ1n) is 5.14. The molecule has 0 aliphatic heterocycles. The van der Waals surface area contributed by atoms with E-state index in [1.807, 2.05) is 6.92 Å². The van der Waals surface area contributed by atoms with Crippen LogP contribution in [-0.2, 0) is 6.42 Å². The molecule has 0 saturated heterocycles. The molecule has 1 atom stereocenters. The number of aliphatic hydroxyl groups is 1. The number of rotatable bonds is 3. The zero-order valence-corrected chi connectivity index (χ0v) is 9.62. The molecule has 1 rings (SSSR count). The first-order valence-corrected chi connectivity index (χ1v) is 5.14. The number of hydrogen-bond acceptors (Lipinski definition) is 2. The Labute approximate surface area is 94.0 Å². The Morgan fingerprint density at radius 2 is 1.87 bits per heavy atom. The zero-order valence-electron chi connectivity index (χ0n) is 9.62. The lowest BCUT2D eigenvalue weighted by Crippen LogP contribution is -2.04. The normalized spacial score (nSPS) is 11.3. The Morgan fingerprint density at radius 1 is 1.33 bits per heavy atom. The molecule has 0 fully saturated rings. The van der Waals surface area contributed by atoms with Gasteiger partial charge in [-0.15, -0.1) is 0 Å². The van der Waals surface area contributed by atoms with E-state index < -0.39 is 0 Å². The van der Waals surface area contributed by atoms with Gasteiger partial charge in [0.2, 0.25) is 0 Å². The lowest BCUT2D eigenvalue weighted by Gasteiger charge is -2.03. The SMILES string of the molecule is C.CC(C)C.CC(CO)Cc1cnc[nH]1. The van der Waals surface area contributed by atoms with Crippen molar-refractivity contribution in [2.75, 3.05) is 6.61 Å². The molecule has 2 N–H and O–H groups in total. The number of H-pyrrole nitrogens is 1. The summed E-state index contributed by atoms with van der Waals surface area (Å²) < 4.78 is 0. The predicted octanol–water partition coefficient (Wildman–Crippen LogP) is 2.88. The van der Waals surface area contributed by atoms with Crippen LogP contribution < -0.4 is 0 Å². The third-order valence-corrected chi connectivity index (χ3v) is 1.43. The largest absolute Gasteiger partial charge is 0.396 e. The summed E-state index contributed by atoms with van der Waals surface area (Å²) in [6.07, 6.45) is 4.31. The predicted molar refractivity (Wildman–Crippen MR) is 65.8 cm³/mol. The van der Waals surface area contributed by atoms with E-state index in [0.29, 0.717) is 5.92 Å². The van der Waals surface area contributed by atoms with E-state index in [1.165, 1.54) is 0 Å². The van der Waals surface area contributed by atoms with Gasteiger partial charge in [-0.05, 0) is 18.3 Å². The average molecular weight is 214 g/mol. The summed E-state index contributed by atoms with van der Waals surface area (Å²) >= 11 is 0. The van der Waals surface area contributed by atoms with Crippen LogP contribution in [0.5, 0.6) is 0 Å². The molecule has 0 saturated carbocycles. The molecule has 0 spiro atoms. The van der Waals surface area contributed by atoms with Gasteiger partial charge in [0, 0.05) is 18.5 Å². The lowest BCUT2D eigenvalue weighted by atomic mass is 10.1. The molecule has 1 heterocycles. The van der Waals surface area contributed by atoms with E-state index in [-0.39, 0.29) is 14.0 Å². The van der Waals surface area contributed by atoms with Gasteiger partial charge in [-0.25, -0.2) is 4.98 Å². The van der Waals surface area contributed by atoms with E-state index in [0.717, 1.165) is 18.0 Å². The molecule has 15 heavy (non-hydrogen) atoms. The third-order valence-electron chi connectivity index (χ3n) is 1.43. The van der Waals surface area contributed by atoms with Crippen LogP contribution in [0.4, 0.5) is 0 Å². The second kappa shape index (κ2) is 9.71. The minimum absolute atomic E-state index is 0. The van der Waals surface area contributed by atoms with Gasteiger partial charge in [-0.1, -0.05) is 35.1 Å². The van der Waals surface area contributed by atoms with Gasteiger partial charge in [0.05, 0.1) is 6.33 Å².